The van der Waals surface area contributed by atoms with Gasteiger partial charge in [0, 0.05) is 24.1 Å². The smallest absolute Gasteiger partial charge is 0.312 e. The highest BCUT2D eigenvalue weighted by molar-refractivity contribution is 7.99. The lowest BCUT2D eigenvalue weighted by atomic mass is 10.0. The number of rotatable bonds is 4. The molecule has 3 aromatic rings. The molecular formula is C19H16F3N5OS. The molecule has 0 saturated carbocycles. The van der Waals surface area contributed by atoms with E-state index in [9.17, 15) is 18.0 Å². The number of aromatic nitrogens is 4. The van der Waals surface area contributed by atoms with E-state index in [4.69, 9.17) is 0 Å². The molecule has 6 nitrogen and oxygen atoms in total. The van der Waals surface area contributed by atoms with E-state index < -0.39 is 17.6 Å². The molecule has 0 N–H and O–H groups in total. The quantitative estimate of drug-likeness (QED) is 0.592. The summed E-state index contributed by atoms with van der Waals surface area (Å²) in [7, 11) is 1.84. The van der Waals surface area contributed by atoms with Crippen LogP contribution in [0.2, 0.25) is 0 Å². The molecule has 2 aromatic heterocycles. The number of halogens is 3. The van der Waals surface area contributed by atoms with Crippen molar-refractivity contribution < 1.29 is 18.0 Å². The van der Waals surface area contributed by atoms with Crippen molar-refractivity contribution in [3.8, 4) is 0 Å². The van der Waals surface area contributed by atoms with Crippen LogP contribution in [0.4, 0.5) is 19.0 Å². The molecule has 10 heteroatoms. The van der Waals surface area contributed by atoms with Gasteiger partial charge in [0.15, 0.2) is 5.16 Å². The Morgan fingerprint density at radius 3 is 2.72 bits per heavy atom. The lowest BCUT2D eigenvalue weighted by molar-refractivity contribution is -0.138. The maximum Gasteiger partial charge on any atom is 0.416 e. The molecule has 0 unspecified atom stereocenters. The Balaban J connectivity index is 1.62. The first-order valence-corrected chi connectivity index (χ1v) is 9.61. The maximum absolute atomic E-state index is 13.3. The Labute approximate surface area is 168 Å². The van der Waals surface area contributed by atoms with Crippen LogP contribution in [0.5, 0.6) is 0 Å². The number of carbonyl (C=O) groups excluding carboxylic acids is 1. The zero-order valence-electron chi connectivity index (χ0n) is 15.5. The van der Waals surface area contributed by atoms with Crippen molar-refractivity contribution in [2.75, 3.05) is 4.90 Å². The molecule has 0 aliphatic carbocycles. The van der Waals surface area contributed by atoms with Crippen LogP contribution in [0.25, 0.3) is 0 Å². The fourth-order valence-electron chi connectivity index (χ4n) is 3.22. The van der Waals surface area contributed by atoms with Gasteiger partial charge in [0.05, 0.1) is 12.1 Å². The van der Waals surface area contributed by atoms with E-state index in [0.29, 0.717) is 5.82 Å². The molecule has 4 rings (SSSR count). The van der Waals surface area contributed by atoms with Crippen molar-refractivity contribution in [3.05, 3.63) is 65.1 Å². The third kappa shape index (κ3) is 3.59. The van der Waals surface area contributed by atoms with Crippen molar-refractivity contribution in [2.45, 2.75) is 30.1 Å². The van der Waals surface area contributed by atoms with Crippen LogP contribution in [0.15, 0.2) is 48.0 Å². The zero-order valence-corrected chi connectivity index (χ0v) is 16.3. The summed E-state index contributed by atoms with van der Waals surface area (Å²) in [5.41, 5.74) is 0.142. The number of hydrogen-bond acceptors (Lipinski definition) is 5. The van der Waals surface area contributed by atoms with Crippen LogP contribution in [-0.2, 0) is 19.8 Å². The fourth-order valence-corrected chi connectivity index (χ4v) is 4.13. The molecule has 0 spiro atoms. The number of carbonyl (C=O) groups is 1. The van der Waals surface area contributed by atoms with Crippen molar-refractivity contribution >= 4 is 23.5 Å². The molecule has 29 heavy (non-hydrogen) atoms. The van der Waals surface area contributed by atoms with Gasteiger partial charge in [0.1, 0.15) is 12.1 Å². The Kier molecular flexibility index (Phi) is 4.81. The average Bonchev–Trinajstić information content (AvgIpc) is 3.24. The summed E-state index contributed by atoms with van der Waals surface area (Å²) >= 11 is 1.48. The molecule has 150 valence electrons. The summed E-state index contributed by atoms with van der Waals surface area (Å²) in [5.74, 6) is -0.161. The van der Waals surface area contributed by atoms with Gasteiger partial charge in [0.25, 0.3) is 5.91 Å². The topological polar surface area (TPSA) is 63.9 Å². The van der Waals surface area contributed by atoms with Gasteiger partial charge in [-0.1, -0.05) is 17.8 Å². The fraction of sp³-hybridized carbons (Fsp3) is 0.263. The standard InChI is InChI=1S/C19H16F3N5OS/c1-11(29-18-25-24-10-26(18)2)12-6-7-23-16(8-12)27-9-14-13(17(27)28)4-3-5-15(14)19(20,21)22/h3-8,10-11H,9H2,1-2H3/t11-/m1/s1. The van der Waals surface area contributed by atoms with E-state index in [1.165, 1.54) is 28.8 Å². The van der Waals surface area contributed by atoms with E-state index >= 15 is 0 Å². The van der Waals surface area contributed by atoms with Gasteiger partial charge in [-0.3, -0.25) is 9.69 Å². The number of fused-ring (bicyclic) bond motifs is 1. The summed E-state index contributed by atoms with van der Waals surface area (Å²) in [5, 5.41) is 8.60. The second-order valence-corrected chi connectivity index (χ2v) is 7.96. The van der Waals surface area contributed by atoms with Gasteiger partial charge in [-0.15, -0.1) is 10.2 Å². The van der Waals surface area contributed by atoms with Crippen LogP contribution in [0.1, 0.15) is 39.2 Å². The van der Waals surface area contributed by atoms with E-state index in [0.717, 1.165) is 16.8 Å². The average molecular weight is 419 g/mol. The summed E-state index contributed by atoms with van der Waals surface area (Å²) < 4.78 is 41.8. The number of amides is 1. The van der Waals surface area contributed by atoms with Gasteiger partial charge in [-0.25, -0.2) is 4.98 Å². The summed E-state index contributed by atoms with van der Waals surface area (Å²) in [6.45, 7) is 1.81. The first-order valence-electron chi connectivity index (χ1n) is 8.73. The number of anilines is 1. The molecule has 0 saturated heterocycles. The summed E-state index contributed by atoms with van der Waals surface area (Å²) in [6, 6.07) is 7.21. The largest absolute Gasteiger partial charge is 0.416 e. The number of pyridine rings is 1. The number of thioether (sulfide) groups is 1. The number of benzene rings is 1. The minimum Gasteiger partial charge on any atom is -0.312 e. The molecule has 1 aliphatic rings. The molecule has 1 aliphatic heterocycles. The highest BCUT2D eigenvalue weighted by atomic mass is 32.2. The van der Waals surface area contributed by atoms with Crippen LogP contribution >= 0.6 is 11.8 Å². The molecule has 0 bridgehead atoms. The van der Waals surface area contributed by atoms with Gasteiger partial charge in [-0.05, 0) is 42.3 Å². The first kappa shape index (κ1) is 19.4. The lowest BCUT2D eigenvalue weighted by Crippen LogP contribution is -2.24. The first-order chi connectivity index (χ1) is 13.8. The van der Waals surface area contributed by atoms with Crippen LogP contribution in [-0.4, -0.2) is 25.7 Å². The third-order valence-electron chi connectivity index (χ3n) is 4.74. The zero-order chi connectivity index (χ0) is 20.8. The summed E-state index contributed by atoms with van der Waals surface area (Å²) in [4.78, 5) is 18.3. The van der Waals surface area contributed by atoms with Crippen molar-refractivity contribution in [2.24, 2.45) is 7.05 Å². The second-order valence-electron chi connectivity index (χ2n) is 6.65. The molecule has 1 atom stereocenters. The molecule has 3 heterocycles. The Morgan fingerprint density at radius 2 is 2.03 bits per heavy atom. The van der Waals surface area contributed by atoms with Gasteiger partial charge >= 0.3 is 6.18 Å². The monoisotopic (exact) mass is 419 g/mol. The van der Waals surface area contributed by atoms with E-state index in [2.05, 4.69) is 15.2 Å². The maximum atomic E-state index is 13.3. The van der Waals surface area contributed by atoms with Gasteiger partial charge in [0.2, 0.25) is 0 Å². The highest BCUT2D eigenvalue weighted by Gasteiger charge is 2.40. The molecule has 0 fully saturated rings. The molecular weight excluding hydrogens is 403 g/mol. The van der Waals surface area contributed by atoms with Crippen LogP contribution < -0.4 is 4.90 Å². The van der Waals surface area contributed by atoms with E-state index in [-0.39, 0.29) is 22.9 Å². The SMILES string of the molecule is C[C@@H](Sc1nncn1C)c1ccnc(N2Cc3c(cccc3C(F)(F)F)C2=O)c1. The normalized spacial score (nSPS) is 14.9. The molecule has 1 amide bonds. The van der Waals surface area contributed by atoms with E-state index in [1.807, 2.05) is 20.0 Å². The highest BCUT2D eigenvalue weighted by Crippen LogP contribution is 2.39. The number of hydrogen-bond donors (Lipinski definition) is 0. The number of nitrogens with zero attached hydrogens (tertiary/aromatic N) is 5. The minimum absolute atomic E-state index is 0.0151. The molecule has 1 aromatic carbocycles. The van der Waals surface area contributed by atoms with Crippen molar-refractivity contribution in [3.63, 3.8) is 0 Å². The molecule has 0 radical (unpaired) electrons. The van der Waals surface area contributed by atoms with Crippen molar-refractivity contribution in [1.29, 1.82) is 0 Å². The van der Waals surface area contributed by atoms with Crippen LogP contribution in [0.3, 0.4) is 0 Å². The number of aryl methyl sites for hydroxylation is 1. The Morgan fingerprint density at radius 1 is 1.24 bits per heavy atom. The van der Waals surface area contributed by atoms with Gasteiger partial charge in [-0.2, -0.15) is 13.2 Å². The minimum atomic E-state index is -4.52. The third-order valence-corrected chi connectivity index (χ3v) is 5.95. The Hall–Kier alpha value is -2.88. The predicted octanol–water partition coefficient (Wildman–Crippen LogP) is 4.24. The van der Waals surface area contributed by atoms with Crippen molar-refractivity contribution in [1.82, 2.24) is 19.7 Å². The van der Waals surface area contributed by atoms with Gasteiger partial charge < -0.3 is 4.57 Å². The second kappa shape index (κ2) is 7.18. The lowest BCUT2D eigenvalue weighted by Gasteiger charge is -2.18. The Bertz CT molecular complexity index is 1080. The predicted molar refractivity (Wildman–Crippen MR) is 101 cm³/mol. The van der Waals surface area contributed by atoms with E-state index in [1.54, 1.807) is 23.2 Å². The number of alkyl halides is 3. The van der Waals surface area contributed by atoms with Crippen LogP contribution in [0, 0.1) is 0 Å². The summed E-state index contributed by atoms with van der Waals surface area (Å²) in [6.07, 6.45) is -1.36.